The van der Waals surface area contributed by atoms with Crippen molar-refractivity contribution < 1.29 is 9.53 Å². The zero-order valence-corrected chi connectivity index (χ0v) is 12.7. The number of nitrogens with two attached hydrogens (primary N) is 1. The van der Waals surface area contributed by atoms with E-state index >= 15 is 0 Å². The number of carbonyl (C=O) groups is 1. The van der Waals surface area contributed by atoms with Crippen LogP contribution < -0.4 is 10.5 Å². The molecule has 3 heteroatoms. The fourth-order valence-corrected chi connectivity index (χ4v) is 2.03. The maximum Gasteiger partial charge on any atom is 0.248 e. The van der Waals surface area contributed by atoms with Gasteiger partial charge in [0.1, 0.15) is 11.5 Å². The average molecular weight is 283 g/mol. The fourth-order valence-electron chi connectivity index (χ4n) is 2.03. The minimum atomic E-state index is -0.458. The van der Waals surface area contributed by atoms with Crippen LogP contribution in [-0.2, 0) is 5.41 Å². The van der Waals surface area contributed by atoms with Crippen LogP contribution in [0.25, 0.3) is 0 Å². The van der Waals surface area contributed by atoms with Crippen LogP contribution in [0.1, 0.15) is 43.1 Å². The Kier molecular flexibility index (Phi) is 4.32. The summed E-state index contributed by atoms with van der Waals surface area (Å²) < 4.78 is 5.76. The first kappa shape index (κ1) is 15.1. The lowest BCUT2D eigenvalue weighted by Crippen LogP contribution is -2.14. The van der Waals surface area contributed by atoms with Crippen LogP contribution in [0.2, 0.25) is 0 Å². The molecule has 0 aliphatic heterocycles. The number of rotatable bonds is 5. The summed E-state index contributed by atoms with van der Waals surface area (Å²) >= 11 is 0. The molecule has 0 saturated heterocycles. The van der Waals surface area contributed by atoms with Crippen molar-refractivity contribution in [2.45, 2.75) is 32.6 Å². The molecule has 0 heterocycles. The van der Waals surface area contributed by atoms with E-state index < -0.39 is 5.91 Å². The number of benzene rings is 2. The normalized spacial score (nSPS) is 11.2. The van der Waals surface area contributed by atoms with Crippen molar-refractivity contribution >= 4 is 5.91 Å². The van der Waals surface area contributed by atoms with Gasteiger partial charge in [-0.3, -0.25) is 4.79 Å². The van der Waals surface area contributed by atoms with E-state index in [-0.39, 0.29) is 5.41 Å². The maximum absolute atomic E-state index is 11.2. The summed E-state index contributed by atoms with van der Waals surface area (Å²) in [5.74, 6) is 0.890. The standard InChI is InChI=1S/C18H21NO2/c1-4-18(2,3)14-8-10-15(11-9-14)21-16-7-5-6-13(12-16)17(19)20/h5-12H,4H2,1-3H3,(H2,19,20). The Labute approximate surface area is 125 Å². The van der Waals surface area contributed by atoms with Gasteiger partial charge in [-0.1, -0.05) is 39.0 Å². The second kappa shape index (κ2) is 6.00. The molecule has 0 atom stereocenters. The predicted molar refractivity (Wildman–Crippen MR) is 84.8 cm³/mol. The molecule has 0 unspecified atom stereocenters. The van der Waals surface area contributed by atoms with E-state index in [9.17, 15) is 4.79 Å². The van der Waals surface area contributed by atoms with Gasteiger partial charge in [-0.2, -0.15) is 0 Å². The summed E-state index contributed by atoms with van der Waals surface area (Å²) in [6, 6.07) is 14.9. The van der Waals surface area contributed by atoms with Crippen molar-refractivity contribution in [3.8, 4) is 11.5 Å². The lowest BCUT2D eigenvalue weighted by molar-refractivity contribution is 0.1000. The molecule has 21 heavy (non-hydrogen) atoms. The summed E-state index contributed by atoms with van der Waals surface area (Å²) in [4.78, 5) is 11.2. The van der Waals surface area contributed by atoms with E-state index in [1.54, 1.807) is 24.3 Å². The predicted octanol–water partition coefficient (Wildman–Crippen LogP) is 4.27. The van der Waals surface area contributed by atoms with Crippen LogP contribution in [0.15, 0.2) is 48.5 Å². The summed E-state index contributed by atoms with van der Waals surface area (Å²) in [5.41, 5.74) is 7.14. The van der Waals surface area contributed by atoms with Crippen molar-refractivity contribution in [2.75, 3.05) is 0 Å². The van der Waals surface area contributed by atoms with E-state index in [4.69, 9.17) is 10.5 Å². The van der Waals surface area contributed by atoms with Crippen molar-refractivity contribution in [1.82, 2.24) is 0 Å². The second-order valence-corrected chi connectivity index (χ2v) is 5.76. The minimum Gasteiger partial charge on any atom is -0.457 e. The minimum absolute atomic E-state index is 0.157. The number of hydrogen-bond acceptors (Lipinski definition) is 2. The molecule has 110 valence electrons. The molecule has 2 N–H and O–H groups in total. The molecule has 2 aromatic rings. The largest absolute Gasteiger partial charge is 0.457 e. The van der Waals surface area contributed by atoms with Crippen LogP contribution in [0.4, 0.5) is 0 Å². The lowest BCUT2D eigenvalue weighted by atomic mass is 9.82. The summed E-state index contributed by atoms with van der Waals surface area (Å²) in [5, 5.41) is 0. The molecule has 0 saturated carbocycles. The van der Waals surface area contributed by atoms with Gasteiger partial charge in [0.2, 0.25) is 5.91 Å². The Morgan fingerprint density at radius 1 is 1.10 bits per heavy atom. The van der Waals surface area contributed by atoms with E-state index in [1.807, 2.05) is 12.1 Å². The summed E-state index contributed by atoms with van der Waals surface area (Å²) in [7, 11) is 0. The molecule has 2 rings (SSSR count). The number of carbonyl (C=O) groups excluding carboxylic acids is 1. The molecule has 2 aromatic carbocycles. The molecule has 0 aromatic heterocycles. The van der Waals surface area contributed by atoms with Gasteiger partial charge in [-0.15, -0.1) is 0 Å². The van der Waals surface area contributed by atoms with Crippen molar-refractivity contribution in [2.24, 2.45) is 5.73 Å². The highest BCUT2D eigenvalue weighted by Crippen LogP contribution is 2.29. The van der Waals surface area contributed by atoms with Crippen LogP contribution >= 0.6 is 0 Å². The molecule has 0 aliphatic rings. The van der Waals surface area contributed by atoms with Gasteiger partial charge in [0.25, 0.3) is 0 Å². The Morgan fingerprint density at radius 2 is 1.76 bits per heavy atom. The van der Waals surface area contributed by atoms with E-state index in [2.05, 4.69) is 32.9 Å². The quantitative estimate of drug-likeness (QED) is 0.891. The van der Waals surface area contributed by atoms with Crippen molar-refractivity contribution in [3.05, 3.63) is 59.7 Å². The van der Waals surface area contributed by atoms with Gasteiger partial charge in [0.15, 0.2) is 0 Å². The highest BCUT2D eigenvalue weighted by atomic mass is 16.5. The molecule has 0 spiro atoms. The Balaban J connectivity index is 2.17. The van der Waals surface area contributed by atoms with Gasteiger partial charge in [-0.05, 0) is 47.7 Å². The SMILES string of the molecule is CCC(C)(C)c1ccc(Oc2cccc(C(N)=O)c2)cc1. The molecule has 0 bridgehead atoms. The third kappa shape index (κ3) is 3.63. The summed E-state index contributed by atoms with van der Waals surface area (Å²) in [6.45, 7) is 6.62. The van der Waals surface area contributed by atoms with Crippen molar-refractivity contribution in [3.63, 3.8) is 0 Å². The molecule has 0 radical (unpaired) electrons. The number of amides is 1. The Morgan fingerprint density at radius 3 is 2.33 bits per heavy atom. The molecule has 1 amide bonds. The number of ether oxygens (including phenoxy) is 1. The fraction of sp³-hybridized carbons (Fsp3) is 0.278. The molecule has 0 fully saturated rings. The third-order valence-electron chi connectivity index (χ3n) is 3.87. The number of hydrogen-bond donors (Lipinski definition) is 1. The highest BCUT2D eigenvalue weighted by Gasteiger charge is 2.17. The Hall–Kier alpha value is -2.29. The zero-order chi connectivity index (χ0) is 15.5. The first-order valence-corrected chi connectivity index (χ1v) is 7.10. The smallest absolute Gasteiger partial charge is 0.248 e. The first-order chi connectivity index (χ1) is 9.92. The van der Waals surface area contributed by atoms with Gasteiger partial charge < -0.3 is 10.5 Å². The third-order valence-corrected chi connectivity index (χ3v) is 3.87. The van der Waals surface area contributed by atoms with Crippen molar-refractivity contribution in [1.29, 1.82) is 0 Å². The second-order valence-electron chi connectivity index (χ2n) is 5.76. The van der Waals surface area contributed by atoms with Crippen LogP contribution in [-0.4, -0.2) is 5.91 Å². The highest BCUT2D eigenvalue weighted by molar-refractivity contribution is 5.93. The van der Waals surface area contributed by atoms with Crippen LogP contribution in [0.3, 0.4) is 0 Å². The molecular weight excluding hydrogens is 262 g/mol. The van der Waals surface area contributed by atoms with Gasteiger partial charge in [-0.25, -0.2) is 0 Å². The van der Waals surface area contributed by atoms with Gasteiger partial charge in [0.05, 0.1) is 0 Å². The number of primary amides is 1. The zero-order valence-electron chi connectivity index (χ0n) is 12.7. The molecule has 0 aliphatic carbocycles. The van der Waals surface area contributed by atoms with E-state index in [1.165, 1.54) is 5.56 Å². The monoisotopic (exact) mass is 283 g/mol. The molecule has 3 nitrogen and oxygen atoms in total. The van der Waals surface area contributed by atoms with Crippen LogP contribution in [0, 0.1) is 0 Å². The average Bonchev–Trinajstić information content (AvgIpc) is 2.48. The Bertz CT molecular complexity index is 630. The maximum atomic E-state index is 11.2. The topological polar surface area (TPSA) is 52.3 Å². The van der Waals surface area contributed by atoms with Crippen LogP contribution in [0.5, 0.6) is 11.5 Å². The molecular formula is C18H21NO2. The lowest BCUT2D eigenvalue weighted by Gasteiger charge is -2.23. The summed E-state index contributed by atoms with van der Waals surface area (Å²) in [6.07, 6.45) is 1.08. The van der Waals surface area contributed by atoms with E-state index in [0.29, 0.717) is 11.3 Å². The van der Waals surface area contributed by atoms with Gasteiger partial charge >= 0.3 is 0 Å². The van der Waals surface area contributed by atoms with Gasteiger partial charge in [0, 0.05) is 5.56 Å². The van der Waals surface area contributed by atoms with E-state index in [0.717, 1.165) is 12.2 Å². The first-order valence-electron chi connectivity index (χ1n) is 7.10.